The molecule has 7 heteroatoms. The van der Waals surface area contributed by atoms with E-state index in [0.717, 1.165) is 74.3 Å². The first kappa shape index (κ1) is 24.2. The highest BCUT2D eigenvalue weighted by molar-refractivity contribution is 9.09. The summed E-state index contributed by atoms with van der Waals surface area (Å²) in [4.78, 5) is 18.4. The summed E-state index contributed by atoms with van der Waals surface area (Å²) in [6.45, 7) is 2.89. The van der Waals surface area contributed by atoms with Gasteiger partial charge >= 0.3 is 5.69 Å². The van der Waals surface area contributed by atoms with Crippen molar-refractivity contribution < 1.29 is 8.78 Å². The number of aromatic nitrogens is 2. The Morgan fingerprint density at radius 1 is 0.971 bits per heavy atom. The molecule has 4 nitrogen and oxygen atoms in total. The molecule has 0 amide bonds. The van der Waals surface area contributed by atoms with E-state index in [1.54, 1.807) is 0 Å². The maximum atomic E-state index is 13.5. The fourth-order valence-corrected chi connectivity index (χ4v) is 5.98. The number of halogens is 3. The van der Waals surface area contributed by atoms with Crippen LogP contribution in [0.15, 0.2) is 59.4 Å². The van der Waals surface area contributed by atoms with Crippen molar-refractivity contribution in [3.05, 3.63) is 99.2 Å². The number of fused-ring (bicyclic) bond motifs is 1. The fourth-order valence-electron chi connectivity index (χ4n) is 5.50. The number of hydrogen-bond donors (Lipinski definition) is 1. The van der Waals surface area contributed by atoms with Crippen molar-refractivity contribution in [1.29, 1.82) is 0 Å². The summed E-state index contributed by atoms with van der Waals surface area (Å²) in [5.74, 6) is -0.400. The van der Waals surface area contributed by atoms with E-state index in [9.17, 15) is 13.6 Å². The Morgan fingerprint density at radius 2 is 1.57 bits per heavy atom. The van der Waals surface area contributed by atoms with E-state index in [-0.39, 0.29) is 34.1 Å². The standard InChI is InChI=1S/C28H30BrF2N3O/c29-21-7-12-27-26(18-21)32-28(35)34(27)24-13-16-33(17-14-24)15-1-2-25(19-3-8-22(30)9-4-19)20-5-10-23(31)11-6-20/h3-12,21,24-25H,1-2,13-18H2,(H,32,35). The molecule has 1 saturated heterocycles. The lowest BCUT2D eigenvalue weighted by atomic mass is 9.87. The van der Waals surface area contributed by atoms with Gasteiger partial charge in [0.05, 0.1) is 5.69 Å². The number of hydrogen-bond acceptors (Lipinski definition) is 2. The van der Waals surface area contributed by atoms with Crippen LogP contribution in [0.2, 0.25) is 0 Å². The van der Waals surface area contributed by atoms with Gasteiger partial charge in [-0.05, 0) is 73.7 Å². The highest BCUT2D eigenvalue weighted by atomic mass is 79.9. The molecule has 1 N–H and O–H groups in total. The molecule has 1 atom stereocenters. The number of alkyl halides is 1. The van der Waals surface area contributed by atoms with Gasteiger partial charge in [-0.3, -0.25) is 4.57 Å². The first-order valence-corrected chi connectivity index (χ1v) is 13.3. The minimum Gasteiger partial charge on any atom is -0.309 e. The smallest absolute Gasteiger partial charge is 0.309 e. The van der Waals surface area contributed by atoms with Crippen LogP contribution >= 0.6 is 15.9 Å². The highest BCUT2D eigenvalue weighted by Crippen LogP contribution is 2.31. The third-order valence-corrected chi connectivity index (χ3v) is 7.97. The summed E-state index contributed by atoms with van der Waals surface area (Å²) in [5, 5.41) is 0. The van der Waals surface area contributed by atoms with Gasteiger partial charge in [-0.25, -0.2) is 13.6 Å². The van der Waals surface area contributed by atoms with Gasteiger partial charge in [0, 0.05) is 42.0 Å². The van der Waals surface area contributed by atoms with Crippen LogP contribution in [0.5, 0.6) is 0 Å². The number of H-pyrrole nitrogens is 1. The minimum atomic E-state index is -0.250. The van der Waals surface area contributed by atoms with Crippen LogP contribution in [0.25, 0.3) is 6.08 Å². The van der Waals surface area contributed by atoms with Crippen molar-refractivity contribution >= 4 is 22.0 Å². The van der Waals surface area contributed by atoms with Crippen LogP contribution < -0.4 is 5.69 Å². The molecule has 3 aromatic rings. The lowest BCUT2D eigenvalue weighted by Crippen LogP contribution is -2.38. The van der Waals surface area contributed by atoms with Crippen LogP contribution in [0, 0.1) is 11.6 Å². The molecule has 5 rings (SSSR count). The molecule has 1 aliphatic carbocycles. The van der Waals surface area contributed by atoms with Gasteiger partial charge in [0.25, 0.3) is 0 Å². The molecular weight excluding hydrogens is 512 g/mol. The summed E-state index contributed by atoms with van der Waals surface area (Å²) in [5.41, 5.74) is 4.15. The number of imidazole rings is 1. The van der Waals surface area contributed by atoms with Crippen LogP contribution in [0.3, 0.4) is 0 Å². The van der Waals surface area contributed by atoms with E-state index >= 15 is 0 Å². The van der Waals surface area contributed by atoms with Crippen LogP contribution in [-0.2, 0) is 6.42 Å². The number of likely N-dealkylation sites (tertiary alicyclic amines) is 1. The number of benzene rings is 2. The van der Waals surface area contributed by atoms with E-state index in [1.807, 2.05) is 28.8 Å². The van der Waals surface area contributed by atoms with Crippen LogP contribution in [-0.4, -0.2) is 38.9 Å². The molecule has 1 unspecified atom stereocenters. The molecule has 0 radical (unpaired) electrons. The van der Waals surface area contributed by atoms with Gasteiger partial charge < -0.3 is 9.88 Å². The Labute approximate surface area is 212 Å². The quantitative estimate of drug-likeness (QED) is 0.370. The SMILES string of the molecule is O=c1[nH]c2c(n1C1CCN(CCCC(c3ccc(F)cc3)c3ccc(F)cc3)CC1)C=CC(Br)C2. The zero-order valence-electron chi connectivity index (χ0n) is 19.6. The number of piperidine rings is 1. The van der Waals surface area contributed by atoms with Crippen molar-refractivity contribution in [3.8, 4) is 0 Å². The molecule has 0 saturated carbocycles. The summed E-state index contributed by atoms with van der Waals surface area (Å²) < 4.78 is 28.9. The zero-order chi connectivity index (χ0) is 24.4. The second kappa shape index (κ2) is 10.6. The van der Waals surface area contributed by atoms with Crippen molar-refractivity contribution in [2.75, 3.05) is 19.6 Å². The summed E-state index contributed by atoms with van der Waals surface area (Å²) in [6.07, 6.45) is 8.79. The molecule has 1 aromatic heterocycles. The molecule has 2 aromatic carbocycles. The molecule has 0 spiro atoms. The van der Waals surface area contributed by atoms with Crippen molar-refractivity contribution in [1.82, 2.24) is 14.5 Å². The van der Waals surface area contributed by atoms with Gasteiger partial charge in [0.15, 0.2) is 0 Å². The fraction of sp³-hybridized carbons (Fsp3) is 0.393. The Balaban J connectivity index is 1.19. The average molecular weight is 542 g/mol. The van der Waals surface area contributed by atoms with Gasteiger partial charge in [0.2, 0.25) is 0 Å². The number of nitrogens with zero attached hydrogens (tertiary/aromatic N) is 2. The summed E-state index contributed by atoms with van der Waals surface area (Å²) >= 11 is 3.61. The maximum absolute atomic E-state index is 13.5. The summed E-state index contributed by atoms with van der Waals surface area (Å²) in [6, 6.07) is 13.5. The third kappa shape index (κ3) is 5.51. The largest absolute Gasteiger partial charge is 0.326 e. The number of nitrogens with one attached hydrogen (secondary N) is 1. The van der Waals surface area contributed by atoms with E-state index in [2.05, 4.69) is 38.0 Å². The summed E-state index contributed by atoms with van der Waals surface area (Å²) in [7, 11) is 0. The van der Waals surface area contributed by atoms with Crippen molar-refractivity contribution in [3.63, 3.8) is 0 Å². The van der Waals surface area contributed by atoms with Crippen molar-refractivity contribution in [2.24, 2.45) is 0 Å². The zero-order valence-corrected chi connectivity index (χ0v) is 21.2. The molecule has 2 heterocycles. The Morgan fingerprint density at radius 3 is 2.17 bits per heavy atom. The minimum absolute atomic E-state index is 0.00105. The number of allylic oxidation sites excluding steroid dienone is 1. The molecule has 1 aliphatic heterocycles. The number of aromatic amines is 1. The first-order valence-electron chi connectivity index (χ1n) is 12.4. The average Bonchev–Trinajstić information content (AvgIpc) is 3.18. The molecular formula is C28H30BrF2N3O. The van der Waals surface area contributed by atoms with Gasteiger partial charge in [-0.15, -0.1) is 0 Å². The van der Waals surface area contributed by atoms with Gasteiger partial charge in [0.1, 0.15) is 11.6 Å². The van der Waals surface area contributed by atoms with Crippen LogP contribution in [0.1, 0.15) is 60.2 Å². The molecule has 184 valence electrons. The Hall–Kier alpha value is -2.51. The monoisotopic (exact) mass is 541 g/mol. The molecule has 1 fully saturated rings. The highest BCUT2D eigenvalue weighted by Gasteiger charge is 2.27. The number of rotatable bonds is 7. The lowest BCUT2D eigenvalue weighted by molar-refractivity contribution is 0.181. The first-order chi connectivity index (χ1) is 17.0. The molecule has 35 heavy (non-hydrogen) atoms. The topological polar surface area (TPSA) is 41.0 Å². The molecule has 0 bridgehead atoms. The van der Waals surface area contributed by atoms with E-state index in [1.165, 1.54) is 24.3 Å². The predicted molar refractivity (Wildman–Crippen MR) is 139 cm³/mol. The van der Waals surface area contributed by atoms with E-state index in [4.69, 9.17) is 0 Å². The second-order valence-electron chi connectivity index (χ2n) is 9.61. The Bertz CT molecular complexity index is 1180. The normalized spacial score (nSPS) is 18.8. The van der Waals surface area contributed by atoms with E-state index in [0.29, 0.717) is 0 Å². The Kier molecular flexibility index (Phi) is 7.35. The lowest BCUT2D eigenvalue weighted by Gasteiger charge is -2.33. The van der Waals surface area contributed by atoms with Gasteiger partial charge in [-0.1, -0.05) is 46.3 Å². The maximum Gasteiger partial charge on any atom is 0.326 e. The third-order valence-electron chi connectivity index (χ3n) is 7.34. The van der Waals surface area contributed by atoms with Gasteiger partial charge in [-0.2, -0.15) is 0 Å². The predicted octanol–water partition coefficient (Wildman–Crippen LogP) is 6.04. The van der Waals surface area contributed by atoms with E-state index < -0.39 is 0 Å². The molecule has 2 aliphatic rings. The van der Waals surface area contributed by atoms with Crippen LogP contribution in [0.4, 0.5) is 8.78 Å². The van der Waals surface area contributed by atoms with Crippen molar-refractivity contribution in [2.45, 2.75) is 48.9 Å². The second-order valence-corrected chi connectivity index (χ2v) is 10.8.